The molecule has 138 valence electrons. The van der Waals surface area contributed by atoms with Crippen LogP contribution in [0.2, 0.25) is 0 Å². The fourth-order valence-corrected chi connectivity index (χ4v) is 2.82. The van der Waals surface area contributed by atoms with Crippen molar-refractivity contribution in [3.8, 4) is 17.2 Å². The molecule has 0 aromatic heterocycles. The fourth-order valence-electron chi connectivity index (χ4n) is 2.82. The van der Waals surface area contributed by atoms with E-state index >= 15 is 0 Å². The zero-order valence-corrected chi connectivity index (χ0v) is 15.5. The largest absolute Gasteiger partial charge is 0.493 e. The van der Waals surface area contributed by atoms with E-state index in [0.717, 1.165) is 22.0 Å². The predicted octanol–water partition coefficient (Wildman–Crippen LogP) is 4.52. The van der Waals surface area contributed by atoms with E-state index in [1.54, 1.807) is 39.5 Å². The zero-order chi connectivity index (χ0) is 19.2. The summed E-state index contributed by atoms with van der Waals surface area (Å²) in [5.41, 5.74) is 1.51. The first-order valence-electron chi connectivity index (χ1n) is 8.42. The molecule has 3 rings (SSSR count). The van der Waals surface area contributed by atoms with Crippen molar-refractivity contribution in [1.29, 1.82) is 0 Å². The Morgan fingerprint density at radius 3 is 2.15 bits per heavy atom. The van der Waals surface area contributed by atoms with Crippen LogP contribution >= 0.6 is 0 Å². The van der Waals surface area contributed by atoms with Gasteiger partial charge in [-0.25, -0.2) is 0 Å². The predicted molar refractivity (Wildman–Crippen MR) is 108 cm³/mol. The topological polar surface area (TPSA) is 56.8 Å². The SMILES string of the molecule is COc1cc(/C=C/C(=O)Nc2ccc3ccccc3c2)cc(OC)c1OC. The summed E-state index contributed by atoms with van der Waals surface area (Å²) in [5.74, 6) is 1.36. The van der Waals surface area contributed by atoms with Crippen LogP contribution in [0.1, 0.15) is 5.56 Å². The number of carbonyl (C=O) groups is 1. The first-order chi connectivity index (χ1) is 13.1. The van der Waals surface area contributed by atoms with Gasteiger partial charge in [0.2, 0.25) is 11.7 Å². The maximum atomic E-state index is 12.3. The van der Waals surface area contributed by atoms with Gasteiger partial charge in [-0.15, -0.1) is 0 Å². The lowest BCUT2D eigenvalue weighted by Crippen LogP contribution is -2.07. The van der Waals surface area contributed by atoms with Gasteiger partial charge in [0, 0.05) is 11.8 Å². The zero-order valence-electron chi connectivity index (χ0n) is 15.5. The van der Waals surface area contributed by atoms with Crippen LogP contribution in [0.5, 0.6) is 17.2 Å². The van der Waals surface area contributed by atoms with E-state index in [1.165, 1.54) is 6.08 Å². The Kier molecular flexibility index (Phi) is 5.61. The molecule has 5 heteroatoms. The lowest BCUT2D eigenvalue weighted by atomic mass is 10.1. The Labute approximate surface area is 158 Å². The van der Waals surface area contributed by atoms with Gasteiger partial charge in [-0.2, -0.15) is 0 Å². The fraction of sp³-hybridized carbons (Fsp3) is 0.136. The Hall–Kier alpha value is -3.47. The Bertz CT molecular complexity index is 970. The van der Waals surface area contributed by atoms with E-state index in [9.17, 15) is 4.79 Å². The summed E-state index contributed by atoms with van der Waals surface area (Å²) in [6.45, 7) is 0. The number of amides is 1. The molecule has 0 aliphatic heterocycles. The molecule has 5 nitrogen and oxygen atoms in total. The summed E-state index contributed by atoms with van der Waals surface area (Å²) in [5, 5.41) is 5.07. The minimum Gasteiger partial charge on any atom is -0.493 e. The monoisotopic (exact) mass is 363 g/mol. The first-order valence-corrected chi connectivity index (χ1v) is 8.42. The summed E-state index contributed by atoms with van der Waals surface area (Å²) in [6, 6.07) is 17.4. The van der Waals surface area contributed by atoms with Gasteiger partial charge in [0.05, 0.1) is 21.3 Å². The van der Waals surface area contributed by atoms with Crippen molar-refractivity contribution in [2.24, 2.45) is 0 Å². The molecule has 0 atom stereocenters. The van der Waals surface area contributed by atoms with Gasteiger partial charge in [0.15, 0.2) is 11.5 Å². The number of ether oxygens (including phenoxy) is 3. The van der Waals surface area contributed by atoms with Crippen molar-refractivity contribution in [2.45, 2.75) is 0 Å². The lowest BCUT2D eigenvalue weighted by molar-refractivity contribution is -0.111. The summed E-state index contributed by atoms with van der Waals surface area (Å²) in [7, 11) is 4.65. The smallest absolute Gasteiger partial charge is 0.248 e. The summed E-state index contributed by atoms with van der Waals surface area (Å²) in [6.07, 6.45) is 3.16. The highest BCUT2D eigenvalue weighted by Gasteiger charge is 2.12. The van der Waals surface area contributed by atoms with Gasteiger partial charge < -0.3 is 19.5 Å². The average molecular weight is 363 g/mol. The van der Waals surface area contributed by atoms with Gasteiger partial charge >= 0.3 is 0 Å². The highest BCUT2D eigenvalue weighted by molar-refractivity contribution is 6.03. The first kappa shape index (κ1) is 18.3. The van der Waals surface area contributed by atoms with E-state index < -0.39 is 0 Å². The minimum atomic E-state index is -0.223. The highest BCUT2D eigenvalue weighted by atomic mass is 16.5. The van der Waals surface area contributed by atoms with Gasteiger partial charge in [0.25, 0.3) is 0 Å². The van der Waals surface area contributed by atoms with Crippen LogP contribution in [-0.4, -0.2) is 27.2 Å². The molecule has 1 amide bonds. The van der Waals surface area contributed by atoms with Crippen molar-refractivity contribution in [2.75, 3.05) is 26.6 Å². The number of hydrogen-bond donors (Lipinski definition) is 1. The molecular weight excluding hydrogens is 342 g/mol. The molecule has 0 radical (unpaired) electrons. The Morgan fingerprint density at radius 1 is 0.852 bits per heavy atom. The van der Waals surface area contributed by atoms with Gasteiger partial charge in [-0.1, -0.05) is 30.3 Å². The average Bonchev–Trinajstić information content (AvgIpc) is 2.71. The van der Waals surface area contributed by atoms with Crippen molar-refractivity contribution >= 4 is 28.4 Å². The third-order valence-electron chi connectivity index (χ3n) is 4.13. The second kappa shape index (κ2) is 8.27. The van der Waals surface area contributed by atoms with Gasteiger partial charge in [-0.05, 0) is 46.7 Å². The number of anilines is 1. The number of nitrogens with one attached hydrogen (secondary N) is 1. The van der Waals surface area contributed by atoms with Crippen LogP contribution in [0.4, 0.5) is 5.69 Å². The van der Waals surface area contributed by atoms with Crippen LogP contribution < -0.4 is 19.5 Å². The van der Waals surface area contributed by atoms with E-state index in [-0.39, 0.29) is 5.91 Å². The van der Waals surface area contributed by atoms with Gasteiger partial charge in [-0.3, -0.25) is 4.79 Å². The third kappa shape index (κ3) is 4.20. The third-order valence-corrected chi connectivity index (χ3v) is 4.13. The summed E-state index contributed by atoms with van der Waals surface area (Å²) >= 11 is 0. The summed E-state index contributed by atoms with van der Waals surface area (Å²) < 4.78 is 15.9. The molecule has 3 aromatic carbocycles. The van der Waals surface area contributed by atoms with Gasteiger partial charge in [0.1, 0.15) is 0 Å². The van der Waals surface area contributed by atoms with Crippen molar-refractivity contribution in [3.63, 3.8) is 0 Å². The van der Waals surface area contributed by atoms with Crippen LogP contribution in [0, 0.1) is 0 Å². The molecule has 27 heavy (non-hydrogen) atoms. The lowest BCUT2D eigenvalue weighted by Gasteiger charge is -2.12. The molecule has 0 spiro atoms. The quantitative estimate of drug-likeness (QED) is 0.654. The number of fused-ring (bicyclic) bond motifs is 1. The molecule has 0 aliphatic carbocycles. The van der Waals surface area contributed by atoms with E-state index in [2.05, 4.69) is 5.32 Å². The molecule has 0 unspecified atom stereocenters. The maximum Gasteiger partial charge on any atom is 0.248 e. The highest BCUT2D eigenvalue weighted by Crippen LogP contribution is 2.38. The normalized spacial score (nSPS) is 10.8. The number of hydrogen-bond acceptors (Lipinski definition) is 4. The van der Waals surface area contributed by atoms with Crippen LogP contribution in [-0.2, 0) is 4.79 Å². The van der Waals surface area contributed by atoms with E-state index in [4.69, 9.17) is 14.2 Å². The standard InChI is InChI=1S/C22H21NO4/c1-25-19-12-15(13-20(26-2)22(19)27-3)8-11-21(24)23-18-10-9-16-6-4-5-7-17(16)14-18/h4-14H,1-3H3,(H,23,24)/b11-8+. The molecule has 0 aliphatic rings. The number of methoxy groups -OCH3 is 3. The Morgan fingerprint density at radius 2 is 1.52 bits per heavy atom. The van der Waals surface area contributed by atoms with Crippen molar-refractivity contribution in [1.82, 2.24) is 0 Å². The minimum absolute atomic E-state index is 0.223. The van der Waals surface area contributed by atoms with E-state index in [0.29, 0.717) is 17.2 Å². The summed E-state index contributed by atoms with van der Waals surface area (Å²) in [4.78, 5) is 12.3. The number of carbonyl (C=O) groups excluding carboxylic acids is 1. The second-order valence-corrected chi connectivity index (χ2v) is 5.84. The molecule has 0 heterocycles. The van der Waals surface area contributed by atoms with Crippen molar-refractivity contribution < 1.29 is 19.0 Å². The number of rotatable bonds is 6. The molecule has 0 fully saturated rings. The molecule has 0 saturated heterocycles. The molecule has 0 bridgehead atoms. The van der Waals surface area contributed by atoms with Crippen LogP contribution in [0.3, 0.4) is 0 Å². The van der Waals surface area contributed by atoms with Crippen LogP contribution in [0.25, 0.3) is 16.8 Å². The number of benzene rings is 3. The Balaban J connectivity index is 1.77. The van der Waals surface area contributed by atoms with Crippen LogP contribution in [0.15, 0.2) is 60.7 Å². The molecule has 1 N–H and O–H groups in total. The molecular formula is C22H21NO4. The molecule has 0 saturated carbocycles. The second-order valence-electron chi connectivity index (χ2n) is 5.84. The van der Waals surface area contributed by atoms with E-state index in [1.807, 2.05) is 42.5 Å². The maximum absolute atomic E-state index is 12.3. The molecule has 3 aromatic rings. The van der Waals surface area contributed by atoms with Crippen molar-refractivity contribution in [3.05, 3.63) is 66.2 Å².